The smallest absolute Gasteiger partial charge is 0.247 e. The number of hydrogen-bond donors (Lipinski definition) is 3. The Morgan fingerprint density at radius 2 is 1.81 bits per heavy atom. The highest BCUT2D eigenvalue weighted by Gasteiger charge is 2.36. The second-order valence-electron chi connectivity index (χ2n) is 8.58. The van der Waals surface area contributed by atoms with Crippen LogP contribution in [0.25, 0.3) is 6.08 Å². The summed E-state index contributed by atoms with van der Waals surface area (Å²) in [4.78, 5) is 25.6. The van der Waals surface area contributed by atoms with Gasteiger partial charge in [0, 0.05) is 6.54 Å². The molecule has 0 aliphatic heterocycles. The van der Waals surface area contributed by atoms with Crippen molar-refractivity contribution in [3.8, 4) is 0 Å². The molecule has 2 amide bonds. The number of nitrogens with zero attached hydrogens (tertiary/aromatic N) is 1. The maximum absolute atomic E-state index is 13.1. The second-order valence-corrected chi connectivity index (χ2v) is 10.5. The van der Waals surface area contributed by atoms with E-state index in [-0.39, 0.29) is 24.8 Å². The standard InChI is InChI=1S/C22H33N3O5S/c1-16(2)14-20(21(26)23-25(31(3,29)30)15-18-12-13-18)19(22(27)24-28)11-7-10-17-8-5-4-6-9-17/h4-10,16,18-20,28H,11-15H2,1-3H3,(H,23,26)(H,24,27)/t19-,20-/m0/s1. The Hall–Kier alpha value is -2.23. The lowest BCUT2D eigenvalue weighted by Crippen LogP contribution is -2.51. The Bertz CT molecular complexity index is 866. The summed E-state index contributed by atoms with van der Waals surface area (Å²) in [6.45, 7) is 4.07. The highest BCUT2D eigenvalue weighted by Crippen LogP contribution is 2.30. The van der Waals surface area contributed by atoms with E-state index in [0.717, 1.165) is 29.1 Å². The zero-order valence-corrected chi connectivity index (χ0v) is 19.1. The molecule has 0 aromatic heterocycles. The molecule has 0 bridgehead atoms. The van der Waals surface area contributed by atoms with Crippen LogP contribution in [0.5, 0.6) is 0 Å². The van der Waals surface area contributed by atoms with Crippen LogP contribution in [0.1, 0.15) is 45.1 Å². The minimum atomic E-state index is -3.64. The molecule has 1 aromatic carbocycles. The summed E-state index contributed by atoms with van der Waals surface area (Å²) < 4.78 is 25.3. The van der Waals surface area contributed by atoms with Crippen LogP contribution in [0.2, 0.25) is 0 Å². The molecule has 0 spiro atoms. The van der Waals surface area contributed by atoms with E-state index in [1.165, 1.54) is 0 Å². The van der Waals surface area contributed by atoms with E-state index >= 15 is 0 Å². The minimum Gasteiger partial charge on any atom is -0.289 e. The van der Waals surface area contributed by atoms with Gasteiger partial charge in [0.05, 0.1) is 18.1 Å². The van der Waals surface area contributed by atoms with Crippen LogP contribution in [-0.4, -0.2) is 42.7 Å². The highest BCUT2D eigenvalue weighted by molar-refractivity contribution is 7.88. The van der Waals surface area contributed by atoms with Crippen LogP contribution in [0, 0.1) is 23.7 Å². The van der Waals surface area contributed by atoms with Gasteiger partial charge >= 0.3 is 0 Å². The fourth-order valence-electron chi connectivity index (χ4n) is 3.42. The van der Waals surface area contributed by atoms with Crippen LogP contribution in [0.4, 0.5) is 0 Å². The van der Waals surface area contributed by atoms with Gasteiger partial charge in [0.25, 0.3) is 0 Å². The third-order valence-electron chi connectivity index (χ3n) is 5.25. The quantitative estimate of drug-likeness (QED) is 0.334. The number of sulfonamides is 1. The fourth-order valence-corrected chi connectivity index (χ4v) is 4.16. The van der Waals surface area contributed by atoms with Crippen molar-refractivity contribution in [2.45, 2.75) is 39.5 Å². The van der Waals surface area contributed by atoms with Gasteiger partial charge in [-0.1, -0.05) is 56.3 Å². The molecule has 1 aromatic rings. The van der Waals surface area contributed by atoms with Crippen molar-refractivity contribution in [3.05, 3.63) is 42.0 Å². The number of benzene rings is 1. The molecule has 0 radical (unpaired) electrons. The number of hydrogen-bond acceptors (Lipinski definition) is 5. The Balaban J connectivity index is 2.21. The number of carbonyl (C=O) groups excluding carboxylic acids is 2. The fraction of sp³-hybridized carbons (Fsp3) is 0.545. The third kappa shape index (κ3) is 8.43. The van der Waals surface area contributed by atoms with Crippen molar-refractivity contribution >= 4 is 27.9 Å². The first-order valence-corrected chi connectivity index (χ1v) is 12.4. The Labute approximate surface area is 184 Å². The van der Waals surface area contributed by atoms with Crippen molar-refractivity contribution < 1.29 is 23.2 Å². The van der Waals surface area contributed by atoms with Gasteiger partial charge in [-0.25, -0.2) is 13.9 Å². The zero-order chi connectivity index (χ0) is 23.0. The lowest BCUT2D eigenvalue weighted by Gasteiger charge is -2.28. The van der Waals surface area contributed by atoms with Crippen molar-refractivity contribution in [3.63, 3.8) is 0 Å². The molecule has 2 atom stereocenters. The lowest BCUT2D eigenvalue weighted by atomic mass is 9.82. The largest absolute Gasteiger partial charge is 0.289 e. The maximum atomic E-state index is 13.1. The molecule has 1 aliphatic rings. The summed E-state index contributed by atoms with van der Waals surface area (Å²) in [5.74, 6) is -2.55. The molecular formula is C22H33N3O5S. The van der Waals surface area contributed by atoms with Crippen LogP contribution >= 0.6 is 0 Å². The van der Waals surface area contributed by atoms with E-state index < -0.39 is 33.7 Å². The molecule has 1 aliphatic carbocycles. The second kappa shape index (κ2) is 11.4. The third-order valence-corrected chi connectivity index (χ3v) is 6.29. The summed E-state index contributed by atoms with van der Waals surface area (Å²) in [6, 6.07) is 9.52. The number of carbonyl (C=O) groups is 2. The summed E-state index contributed by atoms with van der Waals surface area (Å²) in [5, 5.41) is 9.26. The average Bonchev–Trinajstić information content (AvgIpc) is 3.53. The molecule has 31 heavy (non-hydrogen) atoms. The highest BCUT2D eigenvalue weighted by atomic mass is 32.2. The van der Waals surface area contributed by atoms with Gasteiger partial charge in [0.1, 0.15) is 0 Å². The summed E-state index contributed by atoms with van der Waals surface area (Å²) in [5.41, 5.74) is 5.13. The predicted octanol–water partition coefficient (Wildman–Crippen LogP) is 2.58. The van der Waals surface area contributed by atoms with Gasteiger partial charge in [-0.2, -0.15) is 0 Å². The molecule has 2 rings (SSSR count). The van der Waals surface area contributed by atoms with E-state index in [4.69, 9.17) is 0 Å². The maximum Gasteiger partial charge on any atom is 0.247 e. The van der Waals surface area contributed by atoms with Crippen molar-refractivity contribution in [1.29, 1.82) is 0 Å². The molecule has 0 saturated heterocycles. The van der Waals surface area contributed by atoms with E-state index in [1.807, 2.05) is 50.3 Å². The van der Waals surface area contributed by atoms with Crippen LogP contribution < -0.4 is 10.9 Å². The Morgan fingerprint density at radius 1 is 1.16 bits per heavy atom. The normalized spacial score (nSPS) is 16.5. The minimum absolute atomic E-state index is 0.0814. The van der Waals surface area contributed by atoms with Crippen molar-refractivity contribution in [1.82, 2.24) is 15.3 Å². The SMILES string of the molecule is CC(C)C[C@H](C(=O)NN(CC1CC1)S(C)(=O)=O)[C@H](CC=Cc1ccccc1)C(=O)NO. The van der Waals surface area contributed by atoms with Crippen LogP contribution in [0.3, 0.4) is 0 Å². The molecule has 1 saturated carbocycles. The van der Waals surface area contributed by atoms with Gasteiger partial charge < -0.3 is 0 Å². The number of rotatable bonds is 12. The van der Waals surface area contributed by atoms with E-state index in [1.54, 1.807) is 11.6 Å². The molecular weight excluding hydrogens is 418 g/mol. The van der Waals surface area contributed by atoms with Crippen molar-refractivity contribution in [2.75, 3.05) is 12.8 Å². The van der Waals surface area contributed by atoms with Gasteiger partial charge in [0.2, 0.25) is 21.8 Å². The van der Waals surface area contributed by atoms with Gasteiger partial charge in [-0.15, -0.1) is 4.41 Å². The first kappa shape index (κ1) is 25.0. The number of allylic oxidation sites excluding steroid dienone is 1. The predicted molar refractivity (Wildman–Crippen MR) is 119 cm³/mol. The summed E-state index contributed by atoms with van der Waals surface area (Å²) in [6.07, 6.45) is 7.12. The molecule has 0 heterocycles. The molecule has 9 heteroatoms. The Morgan fingerprint density at radius 3 is 2.32 bits per heavy atom. The topological polar surface area (TPSA) is 116 Å². The number of hydrazine groups is 1. The average molecular weight is 452 g/mol. The number of nitrogens with one attached hydrogen (secondary N) is 2. The van der Waals surface area contributed by atoms with E-state index in [0.29, 0.717) is 6.42 Å². The van der Waals surface area contributed by atoms with Gasteiger partial charge in [0.15, 0.2) is 0 Å². The molecule has 0 unspecified atom stereocenters. The molecule has 3 N–H and O–H groups in total. The molecule has 1 fully saturated rings. The lowest BCUT2D eigenvalue weighted by molar-refractivity contribution is -0.141. The monoisotopic (exact) mass is 451 g/mol. The number of amides is 2. The molecule has 172 valence electrons. The zero-order valence-electron chi connectivity index (χ0n) is 18.3. The van der Waals surface area contributed by atoms with Crippen LogP contribution in [-0.2, 0) is 19.6 Å². The van der Waals surface area contributed by atoms with Gasteiger partial charge in [-0.3, -0.25) is 20.2 Å². The summed E-state index contributed by atoms with van der Waals surface area (Å²) in [7, 11) is -3.64. The van der Waals surface area contributed by atoms with E-state index in [9.17, 15) is 23.2 Å². The van der Waals surface area contributed by atoms with Gasteiger partial charge in [-0.05, 0) is 43.1 Å². The van der Waals surface area contributed by atoms with E-state index in [2.05, 4.69) is 5.43 Å². The molecule has 8 nitrogen and oxygen atoms in total. The van der Waals surface area contributed by atoms with Crippen molar-refractivity contribution in [2.24, 2.45) is 23.7 Å². The number of hydroxylamine groups is 1. The Kier molecular flexibility index (Phi) is 9.21. The summed E-state index contributed by atoms with van der Waals surface area (Å²) >= 11 is 0. The first-order valence-electron chi connectivity index (χ1n) is 10.6. The van der Waals surface area contributed by atoms with Crippen LogP contribution in [0.15, 0.2) is 36.4 Å². The first-order chi connectivity index (χ1) is 14.6.